The molecule has 1 aliphatic heterocycles. The Morgan fingerprint density at radius 3 is 2.71 bits per heavy atom. The van der Waals surface area contributed by atoms with Crippen LogP contribution in [0, 0.1) is 5.41 Å². The van der Waals surface area contributed by atoms with Crippen molar-refractivity contribution in [2.45, 2.75) is 18.9 Å². The molecule has 1 aromatic carbocycles. The van der Waals surface area contributed by atoms with Crippen LogP contribution in [0.1, 0.15) is 24.5 Å². The zero-order valence-electron chi connectivity index (χ0n) is 9.73. The molecule has 3 nitrogen and oxygen atoms in total. The molecule has 94 valence electrons. The molecule has 3 N–H and O–H groups in total. The van der Waals surface area contributed by atoms with Crippen LogP contribution in [-0.2, 0) is 4.74 Å². The fraction of sp³-hybridized carbons (Fsp3) is 0.538. The molecule has 17 heavy (non-hydrogen) atoms. The molecule has 0 aromatic heterocycles. The van der Waals surface area contributed by atoms with E-state index in [0.717, 1.165) is 18.4 Å². The molecule has 0 spiro atoms. The zero-order valence-corrected chi connectivity index (χ0v) is 10.5. The van der Waals surface area contributed by atoms with Crippen molar-refractivity contribution in [1.29, 1.82) is 0 Å². The average molecular weight is 256 g/mol. The van der Waals surface area contributed by atoms with Crippen LogP contribution in [-0.4, -0.2) is 24.9 Å². The molecule has 1 aliphatic rings. The highest BCUT2D eigenvalue weighted by molar-refractivity contribution is 6.30. The molecule has 1 fully saturated rings. The zero-order chi connectivity index (χ0) is 12.3. The van der Waals surface area contributed by atoms with Gasteiger partial charge in [0.25, 0.3) is 0 Å². The van der Waals surface area contributed by atoms with E-state index >= 15 is 0 Å². The van der Waals surface area contributed by atoms with Gasteiger partial charge in [-0.05, 0) is 30.5 Å². The molecule has 4 heteroatoms. The number of benzene rings is 1. The van der Waals surface area contributed by atoms with Crippen LogP contribution in [0.2, 0.25) is 5.02 Å². The largest absolute Gasteiger partial charge is 0.388 e. The molecular formula is C13H18ClNO2. The maximum absolute atomic E-state index is 10.5. The molecular weight excluding hydrogens is 238 g/mol. The fourth-order valence-corrected chi connectivity index (χ4v) is 2.60. The topological polar surface area (TPSA) is 55.5 Å². The first-order valence-electron chi connectivity index (χ1n) is 5.89. The van der Waals surface area contributed by atoms with Crippen LogP contribution in [0.5, 0.6) is 0 Å². The summed E-state index contributed by atoms with van der Waals surface area (Å²) in [5.74, 6) is 0. The molecule has 1 atom stereocenters. The van der Waals surface area contributed by atoms with Gasteiger partial charge in [0.05, 0.1) is 6.10 Å². The third-order valence-corrected chi connectivity index (χ3v) is 3.87. The van der Waals surface area contributed by atoms with Crippen LogP contribution in [0.4, 0.5) is 0 Å². The van der Waals surface area contributed by atoms with Gasteiger partial charge in [-0.25, -0.2) is 0 Å². The van der Waals surface area contributed by atoms with Gasteiger partial charge < -0.3 is 15.6 Å². The molecule has 0 bridgehead atoms. The average Bonchev–Trinajstić information content (AvgIpc) is 2.38. The molecule has 2 rings (SSSR count). The van der Waals surface area contributed by atoms with Gasteiger partial charge in [0.2, 0.25) is 0 Å². The number of rotatable bonds is 3. The van der Waals surface area contributed by atoms with E-state index < -0.39 is 6.10 Å². The van der Waals surface area contributed by atoms with Crippen molar-refractivity contribution in [3.63, 3.8) is 0 Å². The Hall–Kier alpha value is -0.610. The Balaban J connectivity index is 2.24. The number of halogens is 1. The molecule has 0 saturated carbocycles. The second-order valence-electron chi connectivity index (χ2n) is 4.64. The van der Waals surface area contributed by atoms with Gasteiger partial charge in [-0.3, -0.25) is 0 Å². The minimum absolute atomic E-state index is 0.275. The van der Waals surface area contributed by atoms with Crippen molar-refractivity contribution in [2.75, 3.05) is 19.8 Å². The third-order valence-electron chi connectivity index (χ3n) is 3.64. The summed E-state index contributed by atoms with van der Waals surface area (Å²) in [7, 11) is 0. The van der Waals surface area contributed by atoms with Crippen molar-refractivity contribution in [1.82, 2.24) is 0 Å². The van der Waals surface area contributed by atoms with E-state index in [1.807, 2.05) is 12.1 Å². The summed E-state index contributed by atoms with van der Waals surface area (Å²) < 4.78 is 5.34. The maximum Gasteiger partial charge on any atom is 0.0860 e. The minimum atomic E-state index is -0.574. The Kier molecular flexibility index (Phi) is 4.05. The lowest BCUT2D eigenvalue weighted by molar-refractivity contribution is -0.0581. The molecule has 0 aliphatic carbocycles. The molecule has 1 aromatic rings. The summed E-state index contributed by atoms with van der Waals surface area (Å²) in [6.45, 7) is 1.79. The van der Waals surface area contributed by atoms with Crippen molar-refractivity contribution in [2.24, 2.45) is 11.1 Å². The van der Waals surface area contributed by atoms with Gasteiger partial charge >= 0.3 is 0 Å². The van der Waals surface area contributed by atoms with E-state index in [1.165, 1.54) is 0 Å². The Morgan fingerprint density at radius 2 is 2.12 bits per heavy atom. The highest BCUT2D eigenvalue weighted by Gasteiger charge is 2.39. The first-order chi connectivity index (χ1) is 8.18. The molecule has 0 amide bonds. The maximum atomic E-state index is 10.5. The second kappa shape index (κ2) is 5.36. The van der Waals surface area contributed by atoms with Crippen LogP contribution in [0.25, 0.3) is 0 Å². The SMILES string of the molecule is NCC1(C(O)c2cccc(Cl)c2)CCOCC1. The van der Waals surface area contributed by atoms with Gasteiger partial charge in [0, 0.05) is 30.2 Å². The van der Waals surface area contributed by atoms with Crippen molar-refractivity contribution < 1.29 is 9.84 Å². The minimum Gasteiger partial charge on any atom is -0.388 e. The smallest absolute Gasteiger partial charge is 0.0860 e. The Bertz CT molecular complexity index is 377. The van der Waals surface area contributed by atoms with Gasteiger partial charge in [-0.2, -0.15) is 0 Å². The van der Waals surface area contributed by atoms with Crippen LogP contribution < -0.4 is 5.73 Å². The Morgan fingerprint density at radius 1 is 1.41 bits per heavy atom. The van der Waals surface area contributed by atoms with E-state index in [4.69, 9.17) is 22.1 Å². The lowest BCUT2D eigenvalue weighted by Crippen LogP contribution is -2.41. The fourth-order valence-electron chi connectivity index (χ4n) is 2.40. The highest BCUT2D eigenvalue weighted by atomic mass is 35.5. The summed E-state index contributed by atoms with van der Waals surface area (Å²) in [5, 5.41) is 11.2. The van der Waals surface area contributed by atoms with E-state index in [0.29, 0.717) is 24.8 Å². The number of hydrogen-bond acceptors (Lipinski definition) is 3. The normalized spacial score (nSPS) is 21.1. The number of aliphatic hydroxyl groups is 1. The summed E-state index contributed by atoms with van der Waals surface area (Å²) in [4.78, 5) is 0. The third kappa shape index (κ3) is 2.63. The highest BCUT2D eigenvalue weighted by Crippen LogP contribution is 2.41. The monoisotopic (exact) mass is 255 g/mol. The number of hydrogen-bond donors (Lipinski definition) is 2. The van der Waals surface area contributed by atoms with Gasteiger partial charge in [0.15, 0.2) is 0 Å². The van der Waals surface area contributed by atoms with Crippen LogP contribution in [0.15, 0.2) is 24.3 Å². The van der Waals surface area contributed by atoms with Gasteiger partial charge in [0.1, 0.15) is 0 Å². The van der Waals surface area contributed by atoms with Gasteiger partial charge in [-0.1, -0.05) is 23.7 Å². The molecule has 1 saturated heterocycles. The molecule has 0 radical (unpaired) electrons. The first-order valence-corrected chi connectivity index (χ1v) is 6.27. The molecule has 1 heterocycles. The quantitative estimate of drug-likeness (QED) is 0.870. The summed E-state index contributed by atoms with van der Waals surface area (Å²) in [6, 6.07) is 7.35. The van der Waals surface area contributed by atoms with E-state index in [-0.39, 0.29) is 5.41 Å². The van der Waals surface area contributed by atoms with E-state index in [2.05, 4.69) is 0 Å². The second-order valence-corrected chi connectivity index (χ2v) is 5.07. The predicted molar refractivity (Wildman–Crippen MR) is 68.0 cm³/mol. The standard InChI is InChI=1S/C13H18ClNO2/c14-11-3-1-2-10(8-11)12(16)13(9-15)4-6-17-7-5-13/h1-3,8,12,16H,4-7,9,15H2. The van der Waals surface area contributed by atoms with E-state index in [1.54, 1.807) is 12.1 Å². The number of nitrogens with two attached hydrogens (primary N) is 1. The van der Waals surface area contributed by atoms with Crippen LogP contribution >= 0.6 is 11.6 Å². The van der Waals surface area contributed by atoms with Crippen molar-refractivity contribution >= 4 is 11.6 Å². The lowest BCUT2D eigenvalue weighted by Gasteiger charge is -2.40. The first kappa shape index (κ1) is 12.8. The van der Waals surface area contributed by atoms with Crippen molar-refractivity contribution in [3.8, 4) is 0 Å². The summed E-state index contributed by atoms with van der Waals surface area (Å²) in [5.41, 5.74) is 6.43. The van der Waals surface area contributed by atoms with Crippen molar-refractivity contribution in [3.05, 3.63) is 34.9 Å². The predicted octanol–water partition coefficient (Wildman–Crippen LogP) is 2.13. The van der Waals surface area contributed by atoms with Gasteiger partial charge in [-0.15, -0.1) is 0 Å². The van der Waals surface area contributed by atoms with Crippen LogP contribution in [0.3, 0.4) is 0 Å². The number of aliphatic hydroxyl groups excluding tert-OH is 1. The molecule has 1 unspecified atom stereocenters. The summed E-state index contributed by atoms with van der Waals surface area (Å²) in [6.07, 6.45) is 1.00. The lowest BCUT2D eigenvalue weighted by atomic mass is 9.73. The Labute approximate surface area is 107 Å². The van der Waals surface area contributed by atoms with E-state index in [9.17, 15) is 5.11 Å². The summed E-state index contributed by atoms with van der Waals surface area (Å²) >= 11 is 5.95. The number of ether oxygens (including phenoxy) is 1.